The van der Waals surface area contributed by atoms with Gasteiger partial charge in [-0.1, -0.05) is 47.1 Å². The number of hydrogen-bond donors (Lipinski definition) is 1. The summed E-state index contributed by atoms with van der Waals surface area (Å²) in [4.78, 5) is 18.2. The topological polar surface area (TPSA) is 85.4 Å². The molecule has 7 nitrogen and oxygen atoms in total. The van der Waals surface area contributed by atoms with Crippen LogP contribution in [0.25, 0.3) is 11.2 Å². The molecule has 1 saturated carbocycles. The third kappa shape index (κ3) is 2.16. The quantitative estimate of drug-likeness (QED) is 0.712. The maximum absolute atomic E-state index is 10.5. The molecule has 1 aliphatic heterocycles. The normalized spacial score (nSPS) is 28.0. The van der Waals surface area contributed by atoms with Crippen molar-refractivity contribution in [1.29, 1.82) is 0 Å². The monoisotopic (exact) mass is 355 g/mol. The molecule has 0 bridgehead atoms. The third-order valence-corrected chi connectivity index (χ3v) is 5.24. The summed E-state index contributed by atoms with van der Waals surface area (Å²) in [5.41, 5.74) is 3.04. The molecular weight excluding hydrogens is 342 g/mol. The van der Waals surface area contributed by atoms with Gasteiger partial charge in [0.2, 0.25) is 0 Å². The van der Waals surface area contributed by atoms with Gasteiger partial charge < -0.3 is 14.5 Å². The fourth-order valence-electron chi connectivity index (χ4n) is 3.85. The highest BCUT2D eigenvalue weighted by Crippen LogP contribution is 2.44. The van der Waals surface area contributed by atoms with Gasteiger partial charge in [0.1, 0.15) is 11.8 Å². The van der Waals surface area contributed by atoms with E-state index in [4.69, 9.17) is 16.4 Å². The van der Waals surface area contributed by atoms with Crippen LogP contribution in [0.5, 0.6) is 0 Å². The van der Waals surface area contributed by atoms with Crippen molar-refractivity contribution in [3.05, 3.63) is 53.7 Å². The molecule has 0 unspecified atom stereocenters. The van der Waals surface area contributed by atoms with Gasteiger partial charge >= 0.3 is 0 Å². The lowest BCUT2D eigenvalue weighted by Gasteiger charge is -2.20. The van der Waals surface area contributed by atoms with Crippen LogP contribution >= 0.6 is 11.6 Å². The summed E-state index contributed by atoms with van der Waals surface area (Å²) in [6.45, 7) is 0. The molecule has 1 aliphatic carbocycles. The first-order valence-electron chi connectivity index (χ1n) is 8.04. The zero-order valence-electron chi connectivity index (χ0n) is 13.0. The molecule has 5 rings (SSSR count). The van der Waals surface area contributed by atoms with Gasteiger partial charge in [0.15, 0.2) is 16.9 Å². The van der Waals surface area contributed by atoms with Crippen LogP contribution in [-0.2, 0) is 4.84 Å². The van der Waals surface area contributed by atoms with Crippen LogP contribution in [0, 0.1) is 5.92 Å². The highest BCUT2D eigenvalue weighted by atomic mass is 35.5. The molecule has 3 aromatic rings. The number of aliphatic hydroxyl groups is 1. The summed E-state index contributed by atoms with van der Waals surface area (Å²) >= 11 is 6.12. The Hall–Kier alpha value is -2.51. The minimum absolute atomic E-state index is 0.0718. The Morgan fingerprint density at radius 2 is 2.00 bits per heavy atom. The second-order valence-corrected chi connectivity index (χ2v) is 6.66. The molecule has 0 amide bonds. The van der Waals surface area contributed by atoms with E-state index in [2.05, 4.69) is 20.1 Å². The zero-order valence-corrected chi connectivity index (χ0v) is 13.8. The van der Waals surface area contributed by atoms with Gasteiger partial charge in [0.05, 0.1) is 30.1 Å². The smallest absolute Gasteiger partial charge is 0.165 e. The highest BCUT2D eigenvalue weighted by molar-refractivity contribution is 6.33. The Kier molecular flexibility index (Phi) is 3.26. The fraction of sp³-hybridized carbons (Fsp3) is 0.294. The molecule has 1 aromatic carbocycles. The van der Waals surface area contributed by atoms with Crippen molar-refractivity contribution < 1.29 is 9.94 Å². The van der Waals surface area contributed by atoms with Crippen LogP contribution in [0.4, 0.5) is 0 Å². The molecular formula is C17H14ClN5O2. The van der Waals surface area contributed by atoms with Crippen LogP contribution in [0.1, 0.15) is 18.0 Å². The number of halogens is 1. The first-order valence-corrected chi connectivity index (χ1v) is 8.42. The minimum atomic E-state index is -0.602. The lowest BCUT2D eigenvalue weighted by Crippen LogP contribution is -2.29. The molecule has 1 fully saturated rings. The van der Waals surface area contributed by atoms with Crippen molar-refractivity contribution in [2.24, 2.45) is 11.1 Å². The molecule has 4 atom stereocenters. The number of aromatic nitrogens is 4. The van der Waals surface area contributed by atoms with Crippen molar-refractivity contribution >= 4 is 28.5 Å². The van der Waals surface area contributed by atoms with Crippen LogP contribution < -0.4 is 0 Å². The predicted molar refractivity (Wildman–Crippen MR) is 91.3 cm³/mol. The van der Waals surface area contributed by atoms with Gasteiger partial charge in [-0.05, 0) is 12.0 Å². The van der Waals surface area contributed by atoms with Gasteiger partial charge in [-0.3, -0.25) is 0 Å². The number of imidazole rings is 1. The lowest BCUT2D eigenvalue weighted by molar-refractivity contribution is -0.0104. The molecule has 1 N–H and O–H groups in total. The molecule has 8 heteroatoms. The van der Waals surface area contributed by atoms with Gasteiger partial charge in [0.25, 0.3) is 0 Å². The third-order valence-electron chi connectivity index (χ3n) is 4.96. The Morgan fingerprint density at radius 1 is 1.16 bits per heavy atom. The molecule has 0 saturated heterocycles. The summed E-state index contributed by atoms with van der Waals surface area (Å²) in [6.07, 6.45) is 2.69. The van der Waals surface area contributed by atoms with Crippen LogP contribution in [0.3, 0.4) is 0 Å². The van der Waals surface area contributed by atoms with E-state index in [1.165, 1.54) is 6.33 Å². The summed E-state index contributed by atoms with van der Waals surface area (Å²) in [6, 6.07) is 9.81. The Morgan fingerprint density at radius 3 is 2.84 bits per heavy atom. The number of fused-ring (bicyclic) bond motifs is 2. The minimum Gasteiger partial charge on any atom is -0.389 e. The van der Waals surface area contributed by atoms with E-state index in [1.807, 2.05) is 34.9 Å². The largest absolute Gasteiger partial charge is 0.389 e. The maximum atomic E-state index is 10.5. The SMILES string of the molecule is O[C@H]1C[C@@H](n2cnc3c(Cl)ncnc32)[C@@H]2C(c3ccccc3)=NO[C@@H]21. The van der Waals surface area contributed by atoms with Gasteiger partial charge in [-0.25, -0.2) is 15.0 Å². The fourth-order valence-corrected chi connectivity index (χ4v) is 4.02. The van der Waals surface area contributed by atoms with E-state index < -0.39 is 6.10 Å². The maximum Gasteiger partial charge on any atom is 0.165 e. The highest BCUT2D eigenvalue weighted by Gasteiger charge is 2.52. The molecule has 3 heterocycles. The number of nitrogens with zero attached hydrogens (tertiary/aromatic N) is 5. The Labute approximate surface area is 147 Å². The number of oxime groups is 1. The van der Waals surface area contributed by atoms with Crippen molar-refractivity contribution in [3.8, 4) is 0 Å². The number of hydrogen-bond acceptors (Lipinski definition) is 6. The average Bonchev–Trinajstić information content (AvgIpc) is 3.32. The van der Waals surface area contributed by atoms with E-state index in [0.29, 0.717) is 22.7 Å². The standard InChI is InChI=1S/C17H14ClN5O2/c18-16-14-17(20-7-19-16)23(8-21-14)10-6-11(24)15-12(10)13(22-25-15)9-4-2-1-3-5-9/h1-5,7-8,10-12,15,24H,6H2/t10-,11+,12-,15-/m1/s1. The lowest BCUT2D eigenvalue weighted by atomic mass is 9.91. The zero-order chi connectivity index (χ0) is 17.0. The molecule has 0 spiro atoms. The van der Waals surface area contributed by atoms with Crippen molar-refractivity contribution in [2.75, 3.05) is 0 Å². The Balaban J connectivity index is 1.61. The first kappa shape index (κ1) is 14.8. The Bertz CT molecular complexity index is 974. The van der Waals surface area contributed by atoms with Crippen molar-refractivity contribution in [2.45, 2.75) is 24.7 Å². The second-order valence-electron chi connectivity index (χ2n) is 6.30. The molecule has 126 valence electrons. The average molecular weight is 356 g/mol. The van der Waals surface area contributed by atoms with Crippen LogP contribution in [0.2, 0.25) is 5.15 Å². The molecule has 2 aliphatic rings. The summed E-state index contributed by atoms with van der Waals surface area (Å²) in [5, 5.41) is 15.0. The predicted octanol–water partition coefficient (Wildman–Crippen LogP) is 2.20. The molecule has 0 radical (unpaired) electrons. The van der Waals surface area contributed by atoms with Gasteiger partial charge in [-0.15, -0.1) is 0 Å². The van der Waals surface area contributed by atoms with Crippen molar-refractivity contribution in [3.63, 3.8) is 0 Å². The van der Waals surface area contributed by atoms with E-state index in [9.17, 15) is 5.11 Å². The van der Waals surface area contributed by atoms with Gasteiger partial charge in [-0.2, -0.15) is 0 Å². The number of rotatable bonds is 2. The van der Waals surface area contributed by atoms with E-state index in [0.717, 1.165) is 11.3 Å². The number of benzene rings is 1. The van der Waals surface area contributed by atoms with Crippen LogP contribution in [0.15, 0.2) is 48.1 Å². The summed E-state index contributed by atoms with van der Waals surface area (Å²) < 4.78 is 1.95. The van der Waals surface area contributed by atoms with Crippen molar-refractivity contribution in [1.82, 2.24) is 19.5 Å². The van der Waals surface area contributed by atoms with E-state index in [-0.39, 0.29) is 18.1 Å². The van der Waals surface area contributed by atoms with E-state index >= 15 is 0 Å². The summed E-state index contributed by atoms with van der Waals surface area (Å²) in [5.74, 6) is -0.0801. The molecule has 2 aromatic heterocycles. The first-order chi connectivity index (χ1) is 12.2. The van der Waals surface area contributed by atoms with Crippen LogP contribution in [-0.4, -0.2) is 42.5 Å². The van der Waals surface area contributed by atoms with E-state index in [1.54, 1.807) is 6.33 Å². The van der Waals surface area contributed by atoms with Gasteiger partial charge in [0, 0.05) is 0 Å². The molecule has 25 heavy (non-hydrogen) atoms. The number of aliphatic hydroxyl groups excluding tert-OH is 1. The summed E-state index contributed by atoms with van der Waals surface area (Å²) in [7, 11) is 0. The second kappa shape index (κ2) is 5.50.